The number of nitrogens with one attached hydrogen (secondary N) is 2. The Morgan fingerprint density at radius 3 is 2.80 bits per heavy atom. The van der Waals surface area contributed by atoms with Gasteiger partial charge in [0.2, 0.25) is 5.95 Å². The van der Waals surface area contributed by atoms with Gasteiger partial charge in [-0.15, -0.1) is 0 Å². The third-order valence-corrected chi connectivity index (χ3v) is 5.39. The number of fused-ring (bicyclic) bond motifs is 2. The average Bonchev–Trinajstić information content (AvgIpc) is 3.40. The number of pyridine rings is 1. The molecule has 1 aromatic carbocycles. The lowest BCUT2D eigenvalue weighted by Crippen LogP contribution is -2.17. The van der Waals surface area contributed by atoms with Gasteiger partial charge in [-0.3, -0.25) is 15.1 Å². The van der Waals surface area contributed by atoms with Crippen molar-refractivity contribution in [2.45, 2.75) is 26.8 Å². The van der Waals surface area contributed by atoms with Crippen molar-refractivity contribution in [1.29, 1.82) is 0 Å². The summed E-state index contributed by atoms with van der Waals surface area (Å²) in [5, 5.41) is 2.96. The van der Waals surface area contributed by atoms with E-state index in [1.165, 1.54) is 0 Å². The summed E-state index contributed by atoms with van der Waals surface area (Å²) in [6, 6.07) is 15.5. The number of nitrogens with zero attached hydrogens (tertiary/aromatic N) is 3. The fourth-order valence-corrected chi connectivity index (χ4v) is 3.67. The number of benzene rings is 1. The molecule has 0 fully saturated rings. The van der Waals surface area contributed by atoms with Crippen LogP contribution in [0.15, 0.2) is 59.1 Å². The smallest absolute Gasteiger partial charge is 0.274 e. The molecule has 7 heteroatoms. The van der Waals surface area contributed by atoms with E-state index in [0.29, 0.717) is 23.8 Å². The van der Waals surface area contributed by atoms with E-state index in [-0.39, 0.29) is 5.91 Å². The Labute approximate surface area is 172 Å². The van der Waals surface area contributed by atoms with E-state index in [9.17, 15) is 4.79 Å². The van der Waals surface area contributed by atoms with Crippen molar-refractivity contribution < 1.29 is 9.21 Å². The summed E-state index contributed by atoms with van der Waals surface area (Å²) >= 11 is 0. The van der Waals surface area contributed by atoms with Gasteiger partial charge in [-0.05, 0) is 38.1 Å². The number of aryl methyl sites for hydroxylation is 4. The van der Waals surface area contributed by atoms with Crippen LogP contribution in [0.4, 0.5) is 5.95 Å². The van der Waals surface area contributed by atoms with Gasteiger partial charge in [0, 0.05) is 36.5 Å². The molecule has 150 valence electrons. The molecule has 1 amide bonds. The lowest BCUT2D eigenvalue weighted by atomic mass is 10.2. The molecule has 0 aliphatic rings. The van der Waals surface area contributed by atoms with Gasteiger partial charge in [-0.25, -0.2) is 4.98 Å². The van der Waals surface area contributed by atoms with E-state index in [2.05, 4.69) is 20.3 Å². The van der Waals surface area contributed by atoms with Crippen LogP contribution in [-0.2, 0) is 13.0 Å². The highest BCUT2D eigenvalue weighted by Crippen LogP contribution is 2.26. The first-order valence-corrected chi connectivity index (χ1v) is 9.85. The van der Waals surface area contributed by atoms with E-state index in [1.54, 1.807) is 12.3 Å². The molecule has 7 nitrogen and oxygen atoms in total. The molecule has 0 aliphatic heterocycles. The normalized spacial score (nSPS) is 11.4. The Kier molecular flexibility index (Phi) is 4.35. The largest absolute Gasteiger partial charge is 0.459 e. The van der Waals surface area contributed by atoms with Gasteiger partial charge in [-0.2, -0.15) is 0 Å². The van der Waals surface area contributed by atoms with Crippen molar-refractivity contribution in [3.8, 4) is 0 Å². The molecule has 0 saturated heterocycles. The lowest BCUT2D eigenvalue weighted by Gasteiger charge is -2.09. The Bertz CT molecular complexity index is 1360. The topological polar surface area (TPSA) is 88.7 Å². The summed E-state index contributed by atoms with van der Waals surface area (Å²) in [4.78, 5) is 25.1. The first-order chi connectivity index (χ1) is 14.6. The van der Waals surface area contributed by atoms with Crippen LogP contribution < -0.4 is 5.32 Å². The van der Waals surface area contributed by atoms with Gasteiger partial charge < -0.3 is 14.0 Å². The van der Waals surface area contributed by atoms with E-state index in [4.69, 9.17) is 4.42 Å². The molecular formula is C23H21N5O2. The van der Waals surface area contributed by atoms with Gasteiger partial charge in [0.25, 0.3) is 5.91 Å². The maximum absolute atomic E-state index is 12.9. The summed E-state index contributed by atoms with van der Waals surface area (Å²) in [6.07, 6.45) is 2.52. The number of para-hydroxylation sites is 2. The van der Waals surface area contributed by atoms with Crippen molar-refractivity contribution in [1.82, 2.24) is 19.5 Å². The van der Waals surface area contributed by atoms with Crippen molar-refractivity contribution in [2.24, 2.45) is 0 Å². The van der Waals surface area contributed by atoms with Crippen LogP contribution in [0.1, 0.15) is 27.5 Å². The molecule has 4 heterocycles. The zero-order valence-corrected chi connectivity index (χ0v) is 16.8. The number of imidazole rings is 1. The Balaban J connectivity index is 1.45. The van der Waals surface area contributed by atoms with Crippen LogP contribution in [0.25, 0.3) is 22.1 Å². The molecule has 0 atom stereocenters. The van der Waals surface area contributed by atoms with Crippen LogP contribution in [0.5, 0.6) is 0 Å². The predicted octanol–water partition coefficient (Wildman–Crippen LogP) is 4.62. The van der Waals surface area contributed by atoms with E-state index >= 15 is 0 Å². The Hall–Kier alpha value is -3.87. The maximum Gasteiger partial charge on any atom is 0.274 e. The minimum absolute atomic E-state index is 0.257. The molecule has 0 saturated carbocycles. The van der Waals surface area contributed by atoms with Gasteiger partial charge in [-0.1, -0.05) is 18.2 Å². The Morgan fingerprint density at radius 1 is 1.17 bits per heavy atom. The van der Waals surface area contributed by atoms with Crippen LogP contribution in [-0.4, -0.2) is 25.4 Å². The molecule has 0 aliphatic carbocycles. The quantitative estimate of drug-likeness (QED) is 0.451. The van der Waals surface area contributed by atoms with E-state index < -0.39 is 0 Å². The SMILES string of the molecule is Cc1oc2cc(C(=O)Nc3nc4ccccc4n3CCc3ccccn3)[nH]c2c1C. The van der Waals surface area contributed by atoms with Crippen molar-refractivity contribution in [3.05, 3.63) is 77.4 Å². The third-order valence-electron chi connectivity index (χ3n) is 5.39. The maximum atomic E-state index is 12.9. The minimum atomic E-state index is -0.257. The highest BCUT2D eigenvalue weighted by molar-refractivity contribution is 6.05. The minimum Gasteiger partial charge on any atom is -0.459 e. The van der Waals surface area contributed by atoms with Crippen molar-refractivity contribution in [2.75, 3.05) is 5.32 Å². The second kappa shape index (κ2) is 7.18. The van der Waals surface area contributed by atoms with E-state index in [0.717, 1.165) is 40.0 Å². The molecule has 5 rings (SSSR count). The molecule has 0 bridgehead atoms. The number of amides is 1. The number of aromatic nitrogens is 4. The molecule has 0 unspecified atom stereocenters. The van der Waals surface area contributed by atoms with Crippen LogP contribution in [0, 0.1) is 13.8 Å². The summed E-state index contributed by atoms with van der Waals surface area (Å²) in [5.41, 5.74) is 5.76. The standard InChI is InChI=1S/C23H21N5O2/c1-14-15(2)30-20-13-18(25-21(14)20)22(29)27-23-26-17-8-3-4-9-19(17)28(23)12-10-16-7-5-6-11-24-16/h3-9,11,13,25H,10,12H2,1-2H3,(H,26,27,29). The zero-order valence-electron chi connectivity index (χ0n) is 16.8. The molecule has 4 aromatic heterocycles. The summed E-state index contributed by atoms with van der Waals surface area (Å²) < 4.78 is 7.72. The molecule has 0 radical (unpaired) electrons. The molecule has 0 spiro atoms. The number of aromatic amines is 1. The second-order valence-corrected chi connectivity index (χ2v) is 7.31. The van der Waals surface area contributed by atoms with Gasteiger partial charge >= 0.3 is 0 Å². The van der Waals surface area contributed by atoms with E-state index in [1.807, 2.05) is 60.9 Å². The number of H-pyrrole nitrogens is 1. The first kappa shape index (κ1) is 18.2. The van der Waals surface area contributed by atoms with Crippen LogP contribution in [0.3, 0.4) is 0 Å². The number of carbonyl (C=O) groups excluding carboxylic acids is 1. The molecule has 5 aromatic rings. The summed E-state index contributed by atoms with van der Waals surface area (Å²) in [5.74, 6) is 1.10. The van der Waals surface area contributed by atoms with Gasteiger partial charge in [0.05, 0.1) is 16.6 Å². The predicted molar refractivity (Wildman–Crippen MR) is 116 cm³/mol. The second-order valence-electron chi connectivity index (χ2n) is 7.31. The Morgan fingerprint density at radius 2 is 2.00 bits per heavy atom. The average molecular weight is 399 g/mol. The number of hydrogen-bond acceptors (Lipinski definition) is 4. The number of hydrogen-bond donors (Lipinski definition) is 2. The third kappa shape index (κ3) is 3.14. The molecular weight excluding hydrogens is 378 g/mol. The summed E-state index contributed by atoms with van der Waals surface area (Å²) in [7, 11) is 0. The highest BCUT2D eigenvalue weighted by atomic mass is 16.3. The van der Waals surface area contributed by atoms with Crippen LogP contribution >= 0.6 is 0 Å². The van der Waals surface area contributed by atoms with Crippen molar-refractivity contribution >= 4 is 34.0 Å². The van der Waals surface area contributed by atoms with Gasteiger partial charge in [0.15, 0.2) is 5.58 Å². The number of carbonyl (C=O) groups is 1. The van der Waals surface area contributed by atoms with Gasteiger partial charge in [0.1, 0.15) is 11.5 Å². The van der Waals surface area contributed by atoms with Crippen LogP contribution in [0.2, 0.25) is 0 Å². The number of furan rings is 1. The lowest BCUT2D eigenvalue weighted by molar-refractivity contribution is 0.102. The fourth-order valence-electron chi connectivity index (χ4n) is 3.67. The fraction of sp³-hybridized carbons (Fsp3) is 0.174. The number of rotatable bonds is 5. The monoisotopic (exact) mass is 399 g/mol. The first-order valence-electron chi connectivity index (χ1n) is 9.85. The molecule has 30 heavy (non-hydrogen) atoms. The highest BCUT2D eigenvalue weighted by Gasteiger charge is 2.18. The molecule has 2 N–H and O–H groups in total. The van der Waals surface area contributed by atoms with Crippen molar-refractivity contribution in [3.63, 3.8) is 0 Å². The summed E-state index contributed by atoms with van der Waals surface area (Å²) in [6.45, 7) is 4.53. The number of anilines is 1. The zero-order chi connectivity index (χ0) is 20.7.